The molecule has 0 amide bonds. The van der Waals surface area contributed by atoms with Gasteiger partial charge in [0, 0.05) is 0 Å². The van der Waals surface area contributed by atoms with Gasteiger partial charge in [-0.25, -0.2) is 12.8 Å². The molecule has 0 fully saturated rings. The van der Waals surface area contributed by atoms with E-state index in [1.807, 2.05) is 0 Å². The van der Waals surface area contributed by atoms with E-state index in [1.54, 1.807) is 0 Å². The lowest BCUT2D eigenvalue weighted by atomic mass is 10.3. The second-order valence-corrected chi connectivity index (χ2v) is 5.35. The molecule has 1 unspecified atom stereocenters. The molecule has 1 aromatic carbocycles. The van der Waals surface area contributed by atoms with Crippen LogP contribution in [0.25, 0.3) is 0 Å². The second kappa shape index (κ2) is 4.16. The summed E-state index contributed by atoms with van der Waals surface area (Å²) in [5.41, 5.74) is 5.11. The molecule has 0 bridgehead atoms. The fourth-order valence-electron chi connectivity index (χ4n) is 1.12. The van der Waals surface area contributed by atoms with Crippen LogP contribution in [0.15, 0.2) is 23.1 Å². The van der Waals surface area contributed by atoms with Gasteiger partial charge >= 0.3 is 0 Å². The zero-order valence-corrected chi connectivity index (χ0v) is 8.96. The monoisotopic (exact) mass is 233 g/mol. The third kappa shape index (κ3) is 2.90. The minimum Gasteiger partial charge on any atom is -0.396 e. The molecule has 1 atom stereocenters. The lowest BCUT2D eigenvalue weighted by Gasteiger charge is -2.07. The Bertz CT molecular complexity index is 456. The predicted molar refractivity (Wildman–Crippen MR) is 54.5 cm³/mol. The molecule has 0 radical (unpaired) electrons. The van der Waals surface area contributed by atoms with Crippen molar-refractivity contribution in [3.05, 3.63) is 24.0 Å². The van der Waals surface area contributed by atoms with E-state index in [4.69, 9.17) is 10.8 Å². The van der Waals surface area contributed by atoms with Gasteiger partial charge in [-0.1, -0.05) is 0 Å². The first kappa shape index (κ1) is 11.9. The van der Waals surface area contributed by atoms with E-state index in [9.17, 15) is 12.8 Å². The standard InChI is InChI=1S/C9H12FNO3S/c1-6(12)5-15(13,14)7-2-3-9(11)8(10)4-7/h2-4,6,12H,5,11H2,1H3. The van der Waals surface area contributed by atoms with Crippen molar-refractivity contribution in [2.75, 3.05) is 11.5 Å². The summed E-state index contributed by atoms with van der Waals surface area (Å²) >= 11 is 0. The summed E-state index contributed by atoms with van der Waals surface area (Å²) in [7, 11) is -3.64. The minimum atomic E-state index is -3.64. The first-order chi connectivity index (χ1) is 6.83. The van der Waals surface area contributed by atoms with Crippen molar-refractivity contribution in [2.45, 2.75) is 17.9 Å². The van der Waals surface area contributed by atoms with Gasteiger partial charge in [0.1, 0.15) is 5.82 Å². The van der Waals surface area contributed by atoms with Crippen molar-refractivity contribution < 1.29 is 17.9 Å². The lowest BCUT2D eigenvalue weighted by Crippen LogP contribution is -2.17. The summed E-state index contributed by atoms with van der Waals surface area (Å²) in [6.45, 7) is 1.35. The molecule has 0 saturated carbocycles. The molecule has 1 rings (SSSR count). The highest BCUT2D eigenvalue weighted by atomic mass is 32.2. The van der Waals surface area contributed by atoms with Crippen LogP contribution in [0.2, 0.25) is 0 Å². The number of hydrogen-bond donors (Lipinski definition) is 2. The Labute approximate surface area is 87.5 Å². The van der Waals surface area contributed by atoms with E-state index in [0.29, 0.717) is 0 Å². The van der Waals surface area contributed by atoms with Crippen molar-refractivity contribution >= 4 is 15.5 Å². The molecule has 0 spiro atoms. The van der Waals surface area contributed by atoms with E-state index < -0.39 is 27.5 Å². The quantitative estimate of drug-likeness (QED) is 0.748. The highest BCUT2D eigenvalue weighted by molar-refractivity contribution is 7.91. The molecule has 6 heteroatoms. The van der Waals surface area contributed by atoms with Gasteiger partial charge in [0.25, 0.3) is 0 Å². The van der Waals surface area contributed by atoms with Crippen molar-refractivity contribution in [1.29, 1.82) is 0 Å². The number of nitrogen functional groups attached to an aromatic ring is 1. The van der Waals surface area contributed by atoms with Crippen LogP contribution in [0, 0.1) is 5.82 Å². The van der Waals surface area contributed by atoms with Crippen LogP contribution >= 0.6 is 0 Å². The number of benzene rings is 1. The Morgan fingerprint density at radius 1 is 1.53 bits per heavy atom. The molecule has 0 aliphatic carbocycles. The van der Waals surface area contributed by atoms with E-state index in [1.165, 1.54) is 19.1 Å². The molecule has 1 aromatic rings. The lowest BCUT2D eigenvalue weighted by molar-refractivity contribution is 0.218. The van der Waals surface area contributed by atoms with Gasteiger partial charge in [0.05, 0.1) is 22.4 Å². The highest BCUT2D eigenvalue weighted by Crippen LogP contribution is 2.17. The van der Waals surface area contributed by atoms with Crippen LogP contribution in [-0.2, 0) is 9.84 Å². The molecule has 0 aliphatic heterocycles. The van der Waals surface area contributed by atoms with Crippen LogP contribution in [-0.4, -0.2) is 25.4 Å². The number of anilines is 1. The van der Waals surface area contributed by atoms with Crippen LogP contribution in [0.3, 0.4) is 0 Å². The van der Waals surface area contributed by atoms with Crippen molar-refractivity contribution in [2.24, 2.45) is 0 Å². The molecule has 84 valence electrons. The first-order valence-electron chi connectivity index (χ1n) is 4.29. The maximum Gasteiger partial charge on any atom is 0.181 e. The molecule has 0 heterocycles. The van der Waals surface area contributed by atoms with Crippen LogP contribution in [0.5, 0.6) is 0 Å². The third-order valence-electron chi connectivity index (χ3n) is 1.79. The number of sulfone groups is 1. The average Bonchev–Trinajstić information content (AvgIpc) is 2.07. The number of aliphatic hydroxyl groups is 1. The van der Waals surface area contributed by atoms with E-state index in [0.717, 1.165) is 6.07 Å². The van der Waals surface area contributed by atoms with E-state index in [-0.39, 0.29) is 10.6 Å². The highest BCUT2D eigenvalue weighted by Gasteiger charge is 2.18. The van der Waals surface area contributed by atoms with E-state index in [2.05, 4.69) is 0 Å². The summed E-state index contributed by atoms with van der Waals surface area (Å²) in [6, 6.07) is 3.26. The maximum absolute atomic E-state index is 13.0. The normalized spacial score (nSPS) is 13.8. The Kier molecular flexibility index (Phi) is 3.31. The van der Waals surface area contributed by atoms with Gasteiger partial charge in [-0.05, 0) is 25.1 Å². The fraction of sp³-hybridized carbons (Fsp3) is 0.333. The van der Waals surface area contributed by atoms with Gasteiger partial charge in [-0.15, -0.1) is 0 Å². The molecule has 0 aromatic heterocycles. The summed E-state index contributed by atoms with van der Waals surface area (Å²) < 4.78 is 36.1. The van der Waals surface area contributed by atoms with Crippen molar-refractivity contribution in [1.82, 2.24) is 0 Å². The molecule has 0 saturated heterocycles. The molecular formula is C9H12FNO3S. The summed E-state index contributed by atoms with van der Waals surface area (Å²) in [5, 5.41) is 8.98. The number of hydrogen-bond acceptors (Lipinski definition) is 4. The van der Waals surface area contributed by atoms with Gasteiger partial charge in [-0.2, -0.15) is 0 Å². The van der Waals surface area contributed by atoms with Crippen LogP contribution < -0.4 is 5.73 Å². The largest absolute Gasteiger partial charge is 0.396 e. The number of halogens is 1. The summed E-state index contributed by atoms with van der Waals surface area (Å²) in [6.07, 6.45) is -0.990. The van der Waals surface area contributed by atoms with Crippen LogP contribution in [0.4, 0.5) is 10.1 Å². The minimum absolute atomic E-state index is 0.106. The maximum atomic E-state index is 13.0. The fourth-order valence-corrected chi connectivity index (χ4v) is 2.50. The summed E-state index contributed by atoms with van der Waals surface area (Å²) in [4.78, 5) is -0.171. The van der Waals surface area contributed by atoms with Gasteiger partial charge in [-0.3, -0.25) is 0 Å². The number of rotatable bonds is 3. The molecule has 15 heavy (non-hydrogen) atoms. The average molecular weight is 233 g/mol. The topological polar surface area (TPSA) is 80.4 Å². The molecule has 0 aliphatic rings. The Morgan fingerprint density at radius 2 is 2.13 bits per heavy atom. The molecule has 4 nitrogen and oxygen atoms in total. The zero-order chi connectivity index (χ0) is 11.6. The van der Waals surface area contributed by atoms with E-state index >= 15 is 0 Å². The molecule has 3 N–H and O–H groups in total. The Morgan fingerprint density at radius 3 is 2.60 bits per heavy atom. The van der Waals surface area contributed by atoms with Gasteiger partial charge < -0.3 is 10.8 Å². The van der Waals surface area contributed by atoms with Gasteiger partial charge in [0.15, 0.2) is 9.84 Å². The van der Waals surface area contributed by atoms with Crippen molar-refractivity contribution in [3.63, 3.8) is 0 Å². The number of nitrogens with two attached hydrogens (primary N) is 1. The first-order valence-corrected chi connectivity index (χ1v) is 5.94. The Hall–Kier alpha value is -1.14. The predicted octanol–water partition coefficient (Wildman–Crippen LogP) is 0.562. The third-order valence-corrected chi connectivity index (χ3v) is 3.69. The smallest absolute Gasteiger partial charge is 0.181 e. The second-order valence-electron chi connectivity index (χ2n) is 3.31. The molecular weight excluding hydrogens is 221 g/mol. The number of aliphatic hydroxyl groups excluding tert-OH is 1. The van der Waals surface area contributed by atoms with Gasteiger partial charge in [0.2, 0.25) is 0 Å². The summed E-state index contributed by atoms with van der Waals surface area (Å²) in [5.74, 6) is -1.21. The Balaban J connectivity index is 3.11. The zero-order valence-electron chi connectivity index (χ0n) is 8.14. The van der Waals surface area contributed by atoms with Crippen molar-refractivity contribution in [3.8, 4) is 0 Å². The SMILES string of the molecule is CC(O)CS(=O)(=O)c1ccc(N)c(F)c1. The van der Waals surface area contributed by atoms with Crippen LogP contribution in [0.1, 0.15) is 6.92 Å².